The van der Waals surface area contributed by atoms with Gasteiger partial charge in [-0.15, -0.1) is 11.8 Å². The Bertz CT molecular complexity index is 203. The van der Waals surface area contributed by atoms with Crippen LogP contribution in [-0.4, -0.2) is 57.0 Å². The molecular formula is C9H19NO4S. The molecular weight excluding hydrogens is 218 g/mol. The van der Waals surface area contributed by atoms with Gasteiger partial charge in [-0.1, -0.05) is 13.8 Å². The molecule has 5 N–H and O–H groups in total. The molecule has 5 nitrogen and oxygen atoms in total. The quantitative estimate of drug-likeness (QED) is 0.497. The number of rotatable bonds is 3. The van der Waals surface area contributed by atoms with Gasteiger partial charge >= 0.3 is 0 Å². The van der Waals surface area contributed by atoms with Crippen molar-refractivity contribution in [1.29, 1.82) is 0 Å². The molecule has 0 aliphatic carbocycles. The first-order chi connectivity index (χ1) is 6.97. The SMILES string of the molecule is CC(C)SC1O[C@H](CO)[C@H](O)[C@H](O)[C@H]1N. The van der Waals surface area contributed by atoms with Gasteiger partial charge in [0.2, 0.25) is 0 Å². The Hall–Kier alpha value is 0.150. The summed E-state index contributed by atoms with van der Waals surface area (Å²) in [4.78, 5) is 0. The van der Waals surface area contributed by atoms with E-state index in [4.69, 9.17) is 15.6 Å². The molecule has 0 spiro atoms. The highest BCUT2D eigenvalue weighted by atomic mass is 32.2. The highest BCUT2D eigenvalue weighted by Crippen LogP contribution is 2.29. The largest absolute Gasteiger partial charge is 0.394 e. The van der Waals surface area contributed by atoms with E-state index in [2.05, 4.69) is 0 Å². The van der Waals surface area contributed by atoms with E-state index in [1.165, 1.54) is 11.8 Å². The Morgan fingerprint density at radius 1 is 1.33 bits per heavy atom. The molecule has 1 fully saturated rings. The summed E-state index contributed by atoms with van der Waals surface area (Å²) in [5.74, 6) is 0. The molecule has 90 valence electrons. The maximum atomic E-state index is 9.65. The molecule has 15 heavy (non-hydrogen) atoms. The Morgan fingerprint density at radius 2 is 1.93 bits per heavy atom. The predicted molar refractivity (Wildman–Crippen MR) is 58.5 cm³/mol. The molecule has 5 atom stereocenters. The van der Waals surface area contributed by atoms with Crippen molar-refractivity contribution in [3.63, 3.8) is 0 Å². The molecule has 0 saturated carbocycles. The monoisotopic (exact) mass is 237 g/mol. The maximum Gasteiger partial charge on any atom is 0.121 e. The Morgan fingerprint density at radius 3 is 2.40 bits per heavy atom. The average molecular weight is 237 g/mol. The summed E-state index contributed by atoms with van der Waals surface area (Å²) in [5, 5.41) is 28.5. The second kappa shape index (κ2) is 5.47. The summed E-state index contributed by atoms with van der Waals surface area (Å²) in [5.41, 5.74) is 5.35. The summed E-state index contributed by atoms with van der Waals surface area (Å²) >= 11 is 1.48. The van der Waals surface area contributed by atoms with Crippen molar-refractivity contribution in [2.24, 2.45) is 5.73 Å². The topological polar surface area (TPSA) is 95.9 Å². The summed E-state index contributed by atoms with van der Waals surface area (Å²) in [6.07, 6.45) is -2.92. The second-order valence-corrected chi connectivity index (χ2v) is 5.65. The third-order valence-corrected chi connectivity index (χ3v) is 3.57. The van der Waals surface area contributed by atoms with Crippen molar-refractivity contribution in [3.05, 3.63) is 0 Å². The number of aliphatic hydroxyl groups is 3. The molecule has 1 aliphatic heterocycles. The molecule has 1 heterocycles. The molecule has 0 bridgehead atoms. The van der Waals surface area contributed by atoms with Crippen molar-refractivity contribution in [3.8, 4) is 0 Å². The van der Waals surface area contributed by atoms with Gasteiger partial charge in [0.25, 0.3) is 0 Å². The Labute approximate surface area is 93.6 Å². The van der Waals surface area contributed by atoms with E-state index >= 15 is 0 Å². The second-order valence-electron chi connectivity index (χ2n) is 3.97. The van der Waals surface area contributed by atoms with Crippen LogP contribution in [0.25, 0.3) is 0 Å². The van der Waals surface area contributed by atoms with Crippen molar-refractivity contribution >= 4 is 11.8 Å². The number of hydrogen-bond donors (Lipinski definition) is 4. The van der Waals surface area contributed by atoms with Crippen molar-refractivity contribution in [2.75, 3.05) is 6.61 Å². The minimum absolute atomic E-state index is 0.308. The number of thioether (sulfide) groups is 1. The lowest BCUT2D eigenvalue weighted by Crippen LogP contribution is -2.61. The summed E-state index contributed by atoms with van der Waals surface area (Å²) in [6, 6.07) is -0.629. The minimum atomic E-state index is -1.12. The van der Waals surface area contributed by atoms with E-state index in [1.807, 2.05) is 13.8 Å². The van der Waals surface area contributed by atoms with Gasteiger partial charge in [-0.05, 0) is 0 Å². The average Bonchev–Trinajstić information content (AvgIpc) is 2.18. The van der Waals surface area contributed by atoms with E-state index < -0.39 is 24.4 Å². The third-order valence-electron chi connectivity index (χ3n) is 2.33. The van der Waals surface area contributed by atoms with E-state index in [-0.39, 0.29) is 12.0 Å². The van der Waals surface area contributed by atoms with Crippen LogP contribution in [-0.2, 0) is 4.74 Å². The lowest BCUT2D eigenvalue weighted by Gasteiger charge is -2.40. The van der Waals surface area contributed by atoms with E-state index in [9.17, 15) is 10.2 Å². The molecule has 0 aromatic carbocycles. The van der Waals surface area contributed by atoms with Gasteiger partial charge < -0.3 is 25.8 Å². The fraction of sp³-hybridized carbons (Fsp3) is 1.00. The minimum Gasteiger partial charge on any atom is -0.394 e. The van der Waals surface area contributed by atoms with Crippen LogP contribution in [0.3, 0.4) is 0 Å². The van der Waals surface area contributed by atoms with Gasteiger partial charge in [0.1, 0.15) is 23.7 Å². The lowest BCUT2D eigenvalue weighted by molar-refractivity contribution is -0.166. The smallest absolute Gasteiger partial charge is 0.121 e. The molecule has 1 saturated heterocycles. The fourth-order valence-electron chi connectivity index (χ4n) is 1.49. The molecule has 1 unspecified atom stereocenters. The van der Waals surface area contributed by atoms with Gasteiger partial charge in [0.15, 0.2) is 0 Å². The third kappa shape index (κ3) is 3.05. The lowest BCUT2D eigenvalue weighted by atomic mass is 9.99. The van der Waals surface area contributed by atoms with Crippen LogP contribution in [0.2, 0.25) is 0 Å². The highest BCUT2D eigenvalue weighted by molar-refractivity contribution is 8.00. The van der Waals surface area contributed by atoms with Gasteiger partial charge in [0, 0.05) is 5.25 Å². The summed E-state index contributed by atoms with van der Waals surface area (Å²) in [6.45, 7) is 3.67. The van der Waals surface area contributed by atoms with E-state index in [0.29, 0.717) is 5.25 Å². The fourth-order valence-corrected chi connectivity index (χ4v) is 2.58. The van der Waals surface area contributed by atoms with E-state index in [0.717, 1.165) is 0 Å². The zero-order valence-electron chi connectivity index (χ0n) is 8.91. The van der Waals surface area contributed by atoms with Crippen molar-refractivity contribution in [1.82, 2.24) is 0 Å². The van der Waals surface area contributed by atoms with Crippen LogP contribution < -0.4 is 5.73 Å². The van der Waals surface area contributed by atoms with Crippen LogP contribution in [0.4, 0.5) is 0 Å². The molecule has 0 aromatic rings. The zero-order chi connectivity index (χ0) is 11.6. The van der Waals surface area contributed by atoms with Gasteiger partial charge in [-0.25, -0.2) is 0 Å². The van der Waals surface area contributed by atoms with Gasteiger partial charge in [-0.3, -0.25) is 0 Å². The van der Waals surface area contributed by atoms with E-state index in [1.54, 1.807) is 0 Å². The molecule has 0 amide bonds. The number of hydrogen-bond acceptors (Lipinski definition) is 6. The first kappa shape index (κ1) is 13.2. The van der Waals surface area contributed by atoms with Crippen molar-refractivity contribution in [2.45, 2.75) is 48.9 Å². The number of nitrogens with two attached hydrogens (primary N) is 1. The van der Waals surface area contributed by atoms with Crippen LogP contribution >= 0.6 is 11.8 Å². The number of aliphatic hydroxyl groups excluding tert-OH is 3. The molecule has 0 aromatic heterocycles. The van der Waals surface area contributed by atoms with Crippen LogP contribution in [0.5, 0.6) is 0 Å². The van der Waals surface area contributed by atoms with Crippen LogP contribution in [0.15, 0.2) is 0 Å². The van der Waals surface area contributed by atoms with Crippen molar-refractivity contribution < 1.29 is 20.1 Å². The van der Waals surface area contributed by atoms with Gasteiger partial charge in [0.05, 0.1) is 12.6 Å². The summed E-state index contributed by atoms with van der Waals surface area (Å²) < 4.78 is 5.42. The normalized spacial score (nSPS) is 42.2. The maximum absolute atomic E-state index is 9.65. The highest BCUT2D eigenvalue weighted by Gasteiger charge is 2.42. The number of ether oxygens (including phenoxy) is 1. The predicted octanol–water partition coefficient (Wildman–Crippen LogP) is -1.11. The summed E-state index contributed by atoms with van der Waals surface area (Å²) in [7, 11) is 0. The molecule has 1 aliphatic rings. The molecule has 0 radical (unpaired) electrons. The Kier molecular flexibility index (Phi) is 4.82. The molecule has 1 rings (SSSR count). The van der Waals surface area contributed by atoms with Gasteiger partial charge in [-0.2, -0.15) is 0 Å². The Balaban J connectivity index is 2.65. The first-order valence-corrected chi connectivity index (χ1v) is 5.95. The first-order valence-electron chi connectivity index (χ1n) is 5.01. The standard InChI is InChI=1S/C9H19NO4S/c1-4(2)15-9-6(10)8(13)7(12)5(3-11)14-9/h4-9,11-13H,3,10H2,1-2H3/t5-,6-,7+,8-,9?/m1/s1. The molecule has 6 heteroatoms. The van der Waals surface area contributed by atoms with Crippen LogP contribution in [0.1, 0.15) is 13.8 Å². The zero-order valence-corrected chi connectivity index (χ0v) is 9.72. The van der Waals surface area contributed by atoms with Crippen LogP contribution in [0, 0.1) is 0 Å².